The summed E-state index contributed by atoms with van der Waals surface area (Å²) in [5.41, 5.74) is 6.15. The number of nitrogens with zero attached hydrogens (tertiary/aromatic N) is 3. The highest BCUT2D eigenvalue weighted by Gasteiger charge is 2.36. The molecule has 150 valence electrons. The number of rotatable bonds is 5. The quantitative estimate of drug-likeness (QED) is 0.771. The van der Waals surface area contributed by atoms with Crippen LogP contribution in [0.4, 0.5) is 0 Å². The van der Waals surface area contributed by atoms with E-state index in [-0.39, 0.29) is 29.2 Å². The van der Waals surface area contributed by atoms with Gasteiger partial charge in [0.05, 0.1) is 21.0 Å². The third-order valence-electron chi connectivity index (χ3n) is 4.94. The zero-order valence-electron chi connectivity index (χ0n) is 15.5. The summed E-state index contributed by atoms with van der Waals surface area (Å²) < 4.78 is 32.1. The van der Waals surface area contributed by atoms with Crippen molar-refractivity contribution in [2.75, 3.05) is 7.05 Å². The molecule has 1 aliphatic rings. The van der Waals surface area contributed by atoms with E-state index in [0.717, 1.165) is 25.7 Å². The molecular weight excluding hydrogens is 411 g/mol. The summed E-state index contributed by atoms with van der Waals surface area (Å²) in [5, 5.41) is 4.35. The predicted octanol–water partition coefficient (Wildman–Crippen LogP) is 3.57. The van der Waals surface area contributed by atoms with Gasteiger partial charge < -0.3 is 10.3 Å². The Labute approximate surface area is 170 Å². The lowest BCUT2D eigenvalue weighted by Crippen LogP contribution is -2.34. The Morgan fingerprint density at radius 1 is 1.30 bits per heavy atom. The molecule has 1 heterocycles. The molecule has 0 bridgehead atoms. The number of benzene rings is 1. The maximum atomic E-state index is 12.7. The van der Waals surface area contributed by atoms with Crippen molar-refractivity contribution in [2.24, 2.45) is 5.73 Å². The van der Waals surface area contributed by atoms with Crippen LogP contribution < -0.4 is 5.73 Å². The first-order chi connectivity index (χ1) is 12.1. The monoisotopic (exact) mass is 434 g/mol. The SMILES string of the molecule is CC(C)N(C)S(=O)(=O)c1ccc(Cl)c(-c2nc(C3(N)CCCC3)no2)c1.Cl. The van der Waals surface area contributed by atoms with Crippen molar-refractivity contribution in [3.8, 4) is 11.5 Å². The molecule has 3 rings (SSSR count). The Bertz CT molecular complexity index is 909. The molecule has 27 heavy (non-hydrogen) atoms. The van der Waals surface area contributed by atoms with Crippen LogP contribution in [0.25, 0.3) is 11.5 Å². The van der Waals surface area contributed by atoms with Crippen LogP contribution >= 0.6 is 24.0 Å². The van der Waals surface area contributed by atoms with E-state index < -0.39 is 15.6 Å². The van der Waals surface area contributed by atoms with Crippen LogP contribution in [-0.4, -0.2) is 36.0 Å². The summed E-state index contributed by atoms with van der Waals surface area (Å²) in [6, 6.07) is 4.29. The summed E-state index contributed by atoms with van der Waals surface area (Å²) in [6.07, 6.45) is 3.65. The van der Waals surface area contributed by atoms with Crippen LogP contribution in [-0.2, 0) is 15.6 Å². The van der Waals surface area contributed by atoms with Gasteiger partial charge in [0.2, 0.25) is 10.0 Å². The number of aromatic nitrogens is 2. The maximum Gasteiger partial charge on any atom is 0.259 e. The lowest BCUT2D eigenvalue weighted by molar-refractivity contribution is 0.372. The molecule has 1 aliphatic carbocycles. The first-order valence-electron chi connectivity index (χ1n) is 8.56. The van der Waals surface area contributed by atoms with Crippen molar-refractivity contribution >= 4 is 34.0 Å². The van der Waals surface area contributed by atoms with Crippen LogP contribution in [0.1, 0.15) is 45.4 Å². The summed E-state index contributed by atoms with van der Waals surface area (Å²) in [5.74, 6) is 0.611. The zero-order valence-corrected chi connectivity index (χ0v) is 17.9. The summed E-state index contributed by atoms with van der Waals surface area (Å²) in [4.78, 5) is 4.52. The third kappa shape index (κ3) is 4.14. The largest absolute Gasteiger partial charge is 0.334 e. The van der Waals surface area contributed by atoms with Crippen molar-refractivity contribution < 1.29 is 12.9 Å². The van der Waals surface area contributed by atoms with E-state index in [9.17, 15) is 8.42 Å². The van der Waals surface area contributed by atoms with Gasteiger partial charge in [0.25, 0.3) is 5.89 Å². The van der Waals surface area contributed by atoms with Gasteiger partial charge >= 0.3 is 0 Å². The van der Waals surface area contributed by atoms with Gasteiger partial charge in [-0.3, -0.25) is 0 Å². The normalized spacial score (nSPS) is 16.7. The van der Waals surface area contributed by atoms with Crippen molar-refractivity contribution in [3.63, 3.8) is 0 Å². The molecule has 0 amide bonds. The molecule has 0 unspecified atom stereocenters. The van der Waals surface area contributed by atoms with E-state index in [4.69, 9.17) is 21.9 Å². The molecule has 1 saturated carbocycles. The van der Waals surface area contributed by atoms with Gasteiger partial charge in [-0.1, -0.05) is 29.6 Å². The van der Waals surface area contributed by atoms with E-state index in [1.165, 1.54) is 29.6 Å². The lowest BCUT2D eigenvalue weighted by Gasteiger charge is -2.21. The number of halogens is 2. The fourth-order valence-corrected chi connectivity index (χ4v) is 4.63. The van der Waals surface area contributed by atoms with Crippen molar-refractivity contribution in [1.29, 1.82) is 0 Å². The van der Waals surface area contributed by atoms with E-state index in [0.29, 0.717) is 16.4 Å². The fraction of sp³-hybridized carbons (Fsp3) is 0.529. The van der Waals surface area contributed by atoms with Crippen LogP contribution in [0.5, 0.6) is 0 Å². The molecule has 0 atom stereocenters. The molecule has 1 aromatic carbocycles. The van der Waals surface area contributed by atoms with E-state index in [1.807, 2.05) is 0 Å². The predicted molar refractivity (Wildman–Crippen MR) is 106 cm³/mol. The Morgan fingerprint density at radius 3 is 2.52 bits per heavy atom. The topological polar surface area (TPSA) is 102 Å². The van der Waals surface area contributed by atoms with Gasteiger partial charge in [0.15, 0.2) is 5.82 Å². The van der Waals surface area contributed by atoms with Crippen LogP contribution in [0, 0.1) is 0 Å². The molecule has 0 aliphatic heterocycles. The Morgan fingerprint density at radius 2 is 1.93 bits per heavy atom. The second-order valence-electron chi connectivity index (χ2n) is 7.04. The maximum absolute atomic E-state index is 12.7. The molecular formula is C17H24Cl2N4O3S. The molecule has 2 aromatic rings. The first kappa shape index (κ1) is 22.1. The van der Waals surface area contributed by atoms with Gasteiger partial charge in [0.1, 0.15) is 0 Å². The minimum absolute atomic E-state index is 0. The molecule has 1 fully saturated rings. The standard InChI is InChI=1S/C17H23ClN4O3S.ClH/c1-11(2)22(3)26(23,24)12-6-7-14(18)13(10-12)15-20-16(21-25-15)17(19)8-4-5-9-17;/h6-7,10-11H,4-5,8-9,19H2,1-3H3;1H. The zero-order chi connectivity index (χ0) is 19.1. The first-order valence-corrected chi connectivity index (χ1v) is 10.4. The van der Waals surface area contributed by atoms with E-state index >= 15 is 0 Å². The summed E-state index contributed by atoms with van der Waals surface area (Å²) >= 11 is 6.26. The second-order valence-corrected chi connectivity index (χ2v) is 9.45. The molecule has 1 aromatic heterocycles. The number of hydrogen-bond donors (Lipinski definition) is 1. The minimum atomic E-state index is -3.65. The summed E-state index contributed by atoms with van der Waals surface area (Å²) in [7, 11) is -2.11. The second kappa shape index (κ2) is 8.05. The molecule has 7 nitrogen and oxygen atoms in total. The number of nitrogens with two attached hydrogens (primary N) is 1. The van der Waals surface area contributed by atoms with Gasteiger partial charge in [-0.15, -0.1) is 12.4 Å². The van der Waals surface area contributed by atoms with Gasteiger partial charge in [-0.2, -0.15) is 9.29 Å². The van der Waals surface area contributed by atoms with Gasteiger partial charge in [-0.05, 0) is 44.9 Å². The highest BCUT2D eigenvalue weighted by atomic mass is 35.5. The fourth-order valence-electron chi connectivity index (χ4n) is 3.04. The molecule has 0 radical (unpaired) electrons. The Hall–Kier alpha value is -1.19. The molecule has 10 heteroatoms. The molecule has 2 N–H and O–H groups in total. The number of hydrogen-bond acceptors (Lipinski definition) is 6. The Balaban J connectivity index is 0.00000261. The van der Waals surface area contributed by atoms with Crippen molar-refractivity contribution in [3.05, 3.63) is 29.0 Å². The van der Waals surface area contributed by atoms with Gasteiger partial charge in [0, 0.05) is 13.1 Å². The van der Waals surface area contributed by atoms with Crippen LogP contribution in [0.2, 0.25) is 5.02 Å². The Kier molecular flexibility index (Phi) is 6.59. The highest BCUT2D eigenvalue weighted by Crippen LogP contribution is 2.37. The summed E-state index contributed by atoms with van der Waals surface area (Å²) in [6.45, 7) is 3.61. The molecule has 0 spiro atoms. The lowest BCUT2D eigenvalue weighted by atomic mass is 9.99. The average Bonchev–Trinajstić information content (AvgIpc) is 3.24. The van der Waals surface area contributed by atoms with Crippen molar-refractivity contribution in [1.82, 2.24) is 14.4 Å². The van der Waals surface area contributed by atoms with E-state index in [2.05, 4.69) is 10.1 Å². The van der Waals surface area contributed by atoms with Gasteiger partial charge in [-0.25, -0.2) is 8.42 Å². The highest BCUT2D eigenvalue weighted by molar-refractivity contribution is 7.89. The molecule has 0 saturated heterocycles. The van der Waals surface area contributed by atoms with Crippen LogP contribution in [0.15, 0.2) is 27.6 Å². The van der Waals surface area contributed by atoms with Crippen molar-refractivity contribution in [2.45, 2.75) is 56.0 Å². The smallest absolute Gasteiger partial charge is 0.259 e. The number of sulfonamides is 1. The third-order valence-corrected chi connectivity index (χ3v) is 7.30. The average molecular weight is 435 g/mol. The van der Waals surface area contributed by atoms with Crippen LogP contribution in [0.3, 0.4) is 0 Å². The minimum Gasteiger partial charge on any atom is -0.334 e. The van der Waals surface area contributed by atoms with E-state index in [1.54, 1.807) is 13.8 Å².